The number of sulfonamides is 1. The van der Waals surface area contributed by atoms with Crippen molar-refractivity contribution in [2.45, 2.75) is 10.4 Å². The van der Waals surface area contributed by atoms with Crippen LogP contribution >= 0.6 is 34.5 Å². The van der Waals surface area contributed by atoms with Gasteiger partial charge in [-0.2, -0.15) is 18.3 Å². The zero-order valence-corrected chi connectivity index (χ0v) is 16.5. The fraction of sp³-hybridized carbons (Fsp3) is 0.133. The molecule has 2 heterocycles. The molecule has 0 unspecified atom stereocenters. The van der Waals surface area contributed by atoms with E-state index < -0.39 is 21.9 Å². The average molecular weight is 456 g/mol. The number of nitrogens with one attached hydrogen (secondary N) is 1. The maximum Gasteiger partial charge on any atom is 0.433 e. The maximum absolute atomic E-state index is 12.9. The van der Waals surface area contributed by atoms with E-state index in [0.29, 0.717) is 4.68 Å². The zero-order valence-electron chi connectivity index (χ0n) is 13.4. The van der Waals surface area contributed by atoms with Crippen molar-refractivity contribution < 1.29 is 21.6 Å². The van der Waals surface area contributed by atoms with Crippen molar-refractivity contribution in [1.82, 2.24) is 9.78 Å². The van der Waals surface area contributed by atoms with Crippen LogP contribution in [0.15, 0.2) is 40.6 Å². The number of rotatable bonds is 4. The van der Waals surface area contributed by atoms with Crippen molar-refractivity contribution in [1.29, 1.82) is 0 Å². The summed E-state index contributed by atoms with van der Waals surface area (Å²) < 4.78 is 66.7. The molecule has 1 aromatic carbocycles. The minimum atomic E-state index is -4.56. The highest BCUT2D eigenvalue weighted by Gasteiger charge is 2.35. The maximum atomic E-state index is 12.9. The molecule has 0 saturated carbocycles. The summed E-state index contributed by atoms with van der Waals surface area (Å²) in [5, 5.41) is 4.02. The summed E-state index contributed by atoms with van der Waals surface area (Å²) >= 11 is 12.6. The molecule has 0 radical (unpaired) electrons. The van der Waals surface area contributed by atoms with Gasteiger partial charge in [-0.05, 0) is 30.3 Å². The average Bonchev–Trinajstić information content (AvgIpc) is 3.18. The molecule has 1 N–H and O–H groups in total. The topological polar surface area (TPSA) is 64.0 Å². The third-order valence-corrected chi connectivity index (χ3v) is 7.25. The normalized spacial score (nSPS) is 12.4. The van der Waals surface area contributed by atoms with E-state index >= 15 is 0 Å². The Kier molecular flexibility index (Phi) is 5.19. The largest absolute Gasteiger partial charge is 0.433 e. The summed E-state index contributed by atoms with van der Waals surface area (Å²) in [4.78, 5) is 0.277. The first-order chi connectivity index (χ1) is 12.5. The van der Waals surface area contributed by atoms with E-state index in [1.807, 2.05) is 0 Å². The summed E-state index contributed by atoms with van der Waals surface area (Å²) in [6, 6.07) is 8.00. The van der Waals surface area contributed by atoms with Crippen molar-refractivity contribution in [3.63, 3.8) is 0 Å². The summed E-state index contributed by atoms with van der Waals surface area (Å²) in [6.07, 6.45) is -4.56. The standard InChI is InChI=1S/C15H10Cl2F3N3O2S2/c1-23-12(15(18,19)20)7-10(21-23)11-5-6-13(26-11)27(24,25)22-9-4-2-3-8(16)14(9)17/h2-7,22H,1H3. The second-order valence-electron chi connectivity index (χ2n) is 5.36. The van der Waals surface area contributed by atoms with Crippen LogP contribution in [0, 0.1) is 0 Å². The summed E-state index contributed by atoms with van der Waals surface area (Å²) in [6.45, 7) is 0. The highest BCUT2D eigenvalue weighted by atomic mass is 35.5. The van der Waals surface area contributed by atoms with Gasteiger partial charge < -0.3 is 0 Å². The van der Waals surface area contributed by atoms with Crippen molar-refractivity contribution in [3.8, 4) is 10.6 Å². The molecule has 3 rings (SSSR count). The van der Waals surface area contributed by atoms with Gasteiger partial charge in [0.1, 0.15) is 15.6 Å². The quantitative estimate of drug-likeness (QED) is 0.582. The third-order valence-electron chi connectivity index (χ3n) is 3.46. The molecule has 0 bridgehead atoms. The SMILES string of the molecule is Cn1nc(-c2ccc(S(=O)(=O)Nc3cccc(Cl)c3Cl)s2)cc1C(F)(F)F. The molecular formula is C15H10Cl2F3N3O2S2. The Morgan fingerprint density at radius 2 is 1.89 bits per heavy atom. The van der Waals surface area contributed by atoms with E-state index in [4.69, 9.17) is 23.2 Å². The van der Waals surface area contributed by atoms with Crippen LogP contribution in [0.2, 0.25) is 10.0 Å². The lowest BCUT2D eigenvalue weighted by atomic mass is 10.3. The van der Waals surface area contributed by atoms with E-state index in [0.717, 1.165) is 17.4 Å². The Balaban J connectivity index is 1.92. The van der Waals surface area contributed by atoms with Crippen molar-refractivity contribution in [2.75, 3.05) is 4.72 Å². The fourth-order valence-electron chi connectivity index (χ4n) is 2.23. The molecule has 0 amide bonds. The monoisotopic (exact) mass is 455 g/mol. The molecule has 0 atom stereocenters. The van der Waals surface area contributed by atoms with Crippen LogP contribution in [0.1, 0.15) is 5.69 Å². The molecule has 0 aliphatic heterocycles. The van der Waals surface area contributed by atoms with Crippen LogP contribution in [0.4, 0.5) is 18.9 Å². The van der Waals surface area contributed by atoms with Gasteiger partial charge in [-0.15, -0.1) is 11.3 Å². The molecule has 0 fully saturated rings. The summed E-state index contributed by atoms with van der Waals surface area (Å²) in [5.41, 5.74) is -0.812. The molecule has 3 aromatic rings. The van der Waals surface area contributed by atoms with Crippen LogP contribution in [0.5, 0.6) is 0 Å². The summed E-state index contributed by atoms with van der Waals surface area (Å²) in [5.74, 6) is 0. The number of benzene rings is 1. The second-order valence-corrected chi connectivity index (χ2v) is 9.14. The number of hydrogen-bond acceptors (Lipinski definition) is 4. The number of nitrogens with zero attached hydrogens (tertiary/aromatic N) is 2. The number of anilines is 1. The molecule has 5 nitrogen and oxygen atoms in total. The molecular weight excluding hydrogens is 446 g/mol. The van der Waals surface area contributed by atoms with Gasteiger partial charge in [0.15, 0.2) is 0 Å². The van der Waals surface area contributed by atoms with E-state index in [1.165, 1.54) is 37.4 Å². The molecule has 27 heavy (non-hydrogen) atoms. The number of thiophene rings is 1. The molecule has 0 spiro atoms. The predicted molar refractivity (Wildman–Crippen MR) is 98.8 cm³/mol. The Bertz CT molecular complexity index is 1110. The molecule has 0 saturated heterocycles. The van der Waals surface area contributed by atoms with Gasteiger partial charge in [0.25, 0.3) is 10.0 Å². The van der Waals surface area contributed by atoms with Gasteiger partial charge in [-0.25, -0.2) is 8.42 Å². The smallest absolute Gasteiger partial charge is 0.277 e. The van der Waals surface area contributed by atoms with Crippen LogP contribution in [0.25, 0.3) is 10.6 Å². The first-order valence-corrected chi connectivity index (χ1v) is 10.2. The highest BCUT2D eigenvalue weighted by molar-refractivity contribution is 7.94. The minimum Gasteiger partial charge on any atom is -0.277 e. The Morgan fingerprint density at radius 1 is 1.19 bits per heavy atom. The molecule has 144 valence electrons. The van der Waals surface area contributed by atoms with E-state index in [-0.39, 0.29) is 30.5 Å². The predicted octanol–water partition coefficient (Wildman–Crippen LogP) is 5.28. The Labute approximate surface area is 166 Å². The number of hydrogen-bond donors (Lipinski definition) is 1. The number of halogens is 5. The number of aromatic nitrogens is 2. The fourth-order valence-corrected chi connectivity index (χ4v) is 4.97. The van der Waals surface area contributed by atoms with Crippen LogP contribution < -0.4 is 4.72 Å². The molecule has 2 aromatic heterocycles. The Hall–Kier alpha value is -1.75. The second kappa shape index (κ2) is 7.01. The van der Waals surface area contributed by atoms with Gasteiger partial charge in [-0.1, -0.05) is 29.3 Å². The van der Waals surface area contributed by atoms with E-state index in [9.17, 15) is 21.6 Å². The lowest BCUT2D eigenvalue weighted by molar-refractivity contribution is -0.143. The van der Waals surface area contributed by atoms with Crippen molar-refractivity contribution in [3.05, 3.63) is 52.1 Å². The van der Waals surface area contributed by atoms with Gasteiger partial charge in [0.05, 0.1) is 20.6 Å². The molecule has 0 aliphatic carbocycles. The van der Waals surface area contributed by atoms with Crippen molar-refractivity contribution in [2.24, 2.45) is 7.05 Å². The van der Waals surface area contributed by atoms with Gasteiger partial charge in [0, 0.05) is 7.05 Å². The van der Waals surface area contributed by atoms with Crippen molar-refractivity contribution >= 4 is 50.2 Å². The van der Waals surface area contributed by atoms with Crippen LogP contribution in [0.3, 0.4) is 0 Å². The van der Waals surface area contributed by atoms with Gasteiger partial charge in [0.2, 0.25) is 0 Å². The van der Waals surface area contributed by atoms with E-state index in [1.54, 1.807) is 0 Å². The van der Waals surface area contributed by atoms with E-state index in [2.05, 4.69) is 9.82 Å². The van der Waals surface area contributed by atoms with Gasteiger partial charge >= 0.3 is 6.18 Å². The zero-order chi connectivity index (χ0) is 20.0. The first kappa shape index (κ1) is 20.0. The molecule has 0 aliphatic rings. The highest BCUT2D eigenvalue weighted by Crippen LogP contribution is 2.36. The first-order valence-electron chi connectivity index (χ1n) is 7.17. The minimum absolute atomic E-state index is 0.0251. The van der Waals surface area contributed by atoms with Crippen LogP contribution in [-0.2, 0) is 23.2 Å². The van der Waals surface area contributed by atoms with Gasteiger partial charge in [-0.3, -0.25) is 9.40 Å². The number of alkyl halides is 3. The summed E-state index contributed by atoms with van der Waals surface area (Å²) in [7, 11) is -2.84. The molecule has 12 heteroatoms. The van der Waals surface area contributed by atoms with Crippen LogP contribution in [-0.4, -0.2) is 18.2 Å². The lowest BCUT2D eigenvalue weighted by Gasteiger charge is -2.08. The third kappa shape index (κ3) is 4.08. The lowest BCUT2D eigenvalue weighted by Crippen LogP contribution is -2.11. The Morgan fingerprint density at radius 3 is 2.52 bits per heavy atom. The number of aryl methyl sites for hydroxylation is 1.